The summed E-state index contributed by atoms with van der Waals surface area (Å²) in [4.78, 5) is 11.1. The molecular weight excluding hydrogens is 405 g/mol. The number of hydrogen-bond donors (Lipinski definition) is 0. The van der Waals surface area contributed by atoms with Gasteiger partial charge in [-0.3, -0.25) is 4.79 Å². The summed E-state index contributed by atoms with van der Waals surface area (Å²) in [5, 5.41) is 0. The second-order valence-electron chi connectivity index (χ2n) is 9.04. The Bertz CT molecular complexity index is 352. The smallest absolute Gasteiger partial charge is 0.321 e. The monoisotopic (exact) mass is 453 g/mol. The molecule has 0 aliphatic rings. The largest absolute Gasteiger partial charge is 1.00 e. The predicted molar refractivity (Wildman–Crippen MR) is 123 cm³/mol. The van der Waals surface area contributed by atoms with Gasteiger partial charge in [0.05, 0.1) is 20.6 Å². The minimum atomic E-state index is -0.316. The van der Waals surface area contributed by atoms with Gasteiger partial charge >= 0.3 is 5.97 Å². The highest BCUT2D eigenvalue weighted by atomic mass is 35.5. The number of hydrogen-bond acceptors (Lipinski definition) is 2. The average molecular weight is 455 g/mol. The summed E-state index contributed by atoms with van der Waals surface area (Å²) >= 11 is 5.43. The van der Waals surface area contributed by atoms with Crippen LogP contribution < -0.4 is 12.4 Å². The fourth-order valence-electron chi connectivity index (χ4n) is 3.64. The van der Waals surface area contributed by atoms with Crippen LogP contribution in [0.5, 0.6) is 0 Å². The number of unbranched alkanes of at least 4 members (excludes halogenated alkanes) is 15. The van der Waals surface area contributed by atoms with Crippen LogP contribution in [0.15, 0.2) is 0 Å². The van der Waals surface area contributed by atoms with Crippen LogP contribution in [0, 0.1) is 0 Å². The van der Waals surface area contributed by atoms with Gasteiger partial charge in [0, 0.05) is 0 Å². The van der Waals surface area contributed by atoms with Crippen LogP contribution in [0.25, 0.3) is 0 Å². The zero-order valence-corrected chi connectivity index (χ0v) is 21.2. The number of quaternary nitrogens is 1. The molecular formula is C24H49Cl2NO2. The SMILES string of the molecule is CCCCCCCCCCCCCCCCCC[N+](C)(C)CCOC(=O)CCl.[Cl-]. The Balaban J connectivity index is 0. The molecule has 0 radical (unpaired) electrons. The van der Waals surface area contributed by atoms with Gasteiger partial charge in [-0.25, -0.2) is 0 Å². The highest BCUT2D eigenvalue weighted by Crippen LogP contribution is 2.14. The zero-order valence-electron chi connectivity index (χ0n) is 19.7. The molecule has 0 heterocycles. The maximum atomic E-state index is 11.1. The fraction of sp³-hybridized carbons (Fsp3) is 0.958. The summed E-state index contributed by atoms with van der Waals surface area (Å²) in [5.41, 5.74) is 0. The summed E-state index contributed by atoms with van der Waals surface area (Å²) in [6.07, 6.45) is 22.5. The van der Waals surface area contributed by atoms with Crippen molar-refractivity contribution in [2.24, 2.45) is 0 Å². The van der Waals surface area contributed by atoms with E-state index in [4.69, 9.17) is 16.3 Å². The molecule has 3 nitrogen and oxygen atoms in total. The van der Waals surface area contributed by atoms with Crippen molar-refractivity contribution < 1.29 is 26.4 Å². The third-order valence-electron chi connectivity index (χ3n) is 5.69. The zero-order chi connectivity index (χ0) is 20.9. The van der Waals surface area contributed by atoms with Gasteiger partial charge in [-0.15, -0.1) is 11.6 Å². The number of rotatable bonds is 21. The fourth-order valence-corrected chi connectivity index (χ4v) is 3.72. The van der Waals surface area contributed by atoms with Crippen molar-refractivity contribution in [1.82, 2.24) is 0 Å². The van der Waals surface area contributed by atoms with Crippen molar-refractivity contribution in [3.63, 3.8) is 0 Å². The van der Waals surface area contributed by atoms with Gasteiger partial charge in [0.15, 0.2) is 0 Å². The summed E-state index contributed by atoms with van der Waals surface area (Å²) in [5.74, 6) is -0.365. The van der Waals surface area contributed by atoms with Crippen LogP contribution in [-0.4, -0.2) is 50.1 Å². The number of likely N-dealkylation sites (N-methyl/N-ethyl adjacent to an activating group) is 1. The van der Waals surface area contributed by atoms with Gasteiger partial charge in [0.2, 0.25) is 0 Å². The Labute approximate surface area is 193 Å². The van der Waals surface area contributed by atoms with Crippen LogP contribution in [-0.2, 0) is 9.53 Å². The summed E-state index contributed by atoms with van der Waals surface area (Å²) < 4.78 is 5.98. The van der Waals surface area contributed by atoms with Gasteiger partial charge in [-0.1, -0.05) is 96.8 Å². The van der Waals surface area contributed by atoms with E-state index in [1.807, 2.05) is 0 Å². The molecule has 0 fully saturated rings. The topological polar surface area (TPSA) is 26.3 Å². The molecule has 0 saturated heterocycles. The Kier molecular flexibility index (Phi) is 24.4. The lowest BCUT2D eigenvalue weighted by molar-refractivity contribution is -0.890. The number of nitrogens with zero attached hydrogens (tertiary/aromatic N) is 1. The van der Waals surface area contributed by atoms with E-state index in [1.165, 1.54) is 103 Å². The van der Waals surface area contributed by atoms with E-state index in [-0.39, 0.29) is 24.3 Å². The van der Waals surface area contributed by atoms with E-state index >= 15 is 0 Å². The second-order valence-corrected chi connectivity index (χ2v) is 9.31. The standard InChI is InChI=1S/C24H49ClNO2.ClH/c1-4-5-6-7-8-9-10-11-12-13-14-15-16-17-18-19-20-26(2,3)21-22-28-24(27)23-25;/h4-23H2,1-3H3;1H/q+1;/p-1. The van der Waals surface area contributed by atoms with E-state index in [2.05, 4.69) is 21.0 Å². The van der Waals surface area contributed by atoms with Crippen molar-refractivity contribution in [3.8, 4) is 0 Å². The minimum Gasteiger partial charge on any atom is -1.00 e. The van der Waals surface area contributed by atoms with Gasteiger partial charge in [0.25, 0.3) is 0 Å². The average Bonchev–Trinajstić information content (AvgIpc) is 2.67. The van der Waals surface area contributed by atoms with Gasteiger partial charge in [-0.05, 0) is 12.8 Å². The normalized spacial score (nSPS) is 11.3. The number of carbonyl (C=O) groups is 1. The Morgan fingerprint density at radius 3 is 1.45 bits per heavy atom. The number of esters is 1. The first-order valence-corrected chi connectivity index (χ1v) is 12.6. The molecule has 0 aliphatic carbocycles. The molecule has 0 spiro atoms. The molecule has 176 valence electrons. The molecule has 0 N–H and O–H groups in total. The van der Waals surface area contributed by atoms with Crippen molar-refractivity contribution in [1.29, 1.82) is 0 Å². The Morgan fingerprint density at radius 1 is 0.690 bits per heavy atom. The van der Waals surface area contributed by atoms with E-state index in [9.17, 15) is 4.79 Å². The van der Waals surface area contributed by atoms with Crippen LogP contribution in [0.3, 0.4) is 0 Å². The first-order chi connectivity index (χ1) is 13.5. The summed E-state index contributed by atoms with van der Waals surface area (Å²) in [6.45, 7) is 4.77. The highest BCUT2D eigenvalue weighted by Gasteiger charge is 2.15. The van der Waals surface area contributed by atoms with Crippen LogP contribution in [0.1, 0.15) is 110 Å². The number of halogens is 2. The Hall–Kier alpha value is 0.01000. The summed E-state index contributed by atoms with van der Waals surface area (Å²) in [7, 11) is 4.42. The molecule has 29 heavy (non-hydrogen) atoms. The number of ether oxygens (including phenoxy) is 1. The Morgan fingerprint density at radius 2 is 1.07 bits per heavy atom. The van der Waals surface area contributed by atoms with E-state index in [1.54, 1.807) is 0 Å². The van der Waals surface area contributed by atoms with E-state index in [0.29, 0.717) is 6.61 Å². The maximum Gasteiger partial charge on any atom is 0.321 e. The number of alkyl halides is 1. The predicted octanol–water partition coefficient (Wildman–Crippen LogP) is 4.11. The molecule has 0 atom stereocenters. The lowest BCUT2D eigenvalue weighted by Crippen LogP contribution is -3.00. The third kappa shape index (κ3) is 24.2. The quantitative estimate of drug-likeness (QED) is 0.113. The third-order valence-corrected chi connectivity index (χ3v) is 5.90. The molecule has 0 amide bonds. The maximum absolute atomic E-state index is 11.1. The van der Waals surface area contributed by atoms with E-state index < -0.39 is 0 Å². The summed E-state index contributed by atoms with van der Waals surface area (Å²) in [6, 6.07) is 0. The van der Waals surface area contributed by atoms with Crippen LogP contribution in [0.4, 0.5) is 0 Å². The molecule has 0 saturated carbocycles. The molecule has 0 unspecified atom stereocenters. The van der Waals surface area contributed by atoms with Gasteiger partial charge < -0.3 is 21.6 Å². The van der Waals surface area contributed by atoms with Crippen LogP contribution >= 0.6 is 11.6 Å². The molecule has 0 aromatic heterocycles. The second kappa shape index (κ2) is 22.7. The molecule has 0 aliphatic heterocycles. The molecule has 0 aromatic carbocycles. The van der Waals surface area contributed by atoms with Crippen molar-refractivity contribution in [2.75, 3.05) is 39.7 Å². The number of carbonyl (C=O) groups excluding carboxylic acids is 1. The van der Waals surface area contributed by atoms with Gasteiger partial charge in [0.1, 0.15) is 19.0 Å². The molecule has 0 rings (SSSR count). The van der Waals surface area contributed by atoms with Crippen molar-refractivity contribution in [2.45, 2.75) is 110 Å². The van der Waals surface area contributed by atoms with Crippen molar-refractivity contribution in [3.05, 3.63) is 0 Å². The molecule has 0 aromatic rings. The van der Waals surface area contributed by atoms with Crippen LogP contribution in [0.2, 0.25) is 0 Å². The molecule has 5 heteroatoms. The lowest BCUT2D eigenvalue weighted by Gasteiger charge is -2.29. The van der Waals surface area contributed by atoms with Crippen molar-refractivity contribution >= 4 is 17.6 Å². The minimum absolute atomic E-state index is 0. The first kappa shape index (κ1) is 31.2. The first-order valence-electron chi connectivity index (χ1n) is 12.1. The van der Waals surface area contributed by atoms with Gasteiger partial charge in [-0.2, -0.15) is 0 Å². The van der Waals surface area contributed by atoms with E-state index in [0.717, 1.165) is 17.6 Å². The lowest BCUT2D eigenvalue weighted by atomic mass is 10.0. The molecule has 0 bridgehead atoms. The highest BCUT2D eigenvalue weighted by molar-refractivity contribution is 6.26.